The molecule has 4 rings (SSSR count). The van der Waals surface area contributed by atoms with Crippen molar-refractivity contribution in [2.24, 2.45) is 11.8 Å². The number of nitrogens with zero attached hydrogens (tertiary/aromatic N) is 1. The third kappa shape index (κ3) is 2.14. The van der Waals surface area contributed by atoms with Gasteiger partial charge in [-0.1, -0.05) is 36.2 Å². The number of para-hydroxylation sites is 1. The van der Waals surface area contributed by atoms with E-state index in [9.17, 15) is 14.7 Å². The summed E-state index contributed by atoms with van der Waals surface area (Å²) in [7, 11) is 0. The number of H-pyrrole nitrogens is 1. The highest BCUT2D eigenvalue weighted by atomic mass is 35.5. The van der Waals surface area contributed by atoms with Gasteiger partial charge in [-0.05, 0) is 30.7 Å². The quantitative estimate of drug-likeness (QED) is 0.887. The van der Waals surface area contributed by atoms with Gasteiger partial charge in [-0.2, -0.15) is 0 Å². The molecule has 0 bridgehead atoms. The van der Waals surface area contributed by atoms with Crippen LogP contribution in [0, 0.1) is 11.8 Å². The zero-order valence-electron chi connectivity index (χ0n) is 12.5. The summed E-state index contributed by atoms with van der Waals surface area (Å²) in [6, 6.07) is 6.68. The lowest BCUT2D eigenvalue weighted by atomic mass is 9.94. The number of carboxylic acids is 1. The fourth-order valence-electron chi connectivity index (χ4n) is 4.23. The molecule has 1 aliphatic heterocycles. The molecule has 1 aliphatic carbocycles. The number of benzene rings is 1. The molecule has 1 saturated heterocycles. The number of carbonyl (C=O) groups is 2. The second kappa shape index (κ2) is 5.27. The van der Waals surface area contributed by atoms with Crippen LogP contribution in [0.3, 0.4) is 0 Å². The Hall–Kier alpha value is -2.01. The van der Waals surface area contributed by atoms with Crippen LogP contribution < -0.4 is 0 Å². The number of hydrogen-bond donors (Lipinski definition) is 2. The number of fused-ring (bicyclic) bond motifs is 2. The number of halogens is 1. The zero-order chi connectivity index (χ0) is 16.1. The Balaban J connectivity index is 1.72. The van der Waals surface area contributed by atoms with E-state index in [2.05, 4.69) is 4.98 Å². The Morgan fingerprint density at radius 1 is 1.26 bits per heavy atom. The Morgan fingerprint density at radius 3 is 2.78 bits per heavy atom. The topological polar surface area (TPSA) is 73.4 Å². The summed E-state index contributed by atoms with van der Waals surface area (Å²) in [4.78, 5) is 29.2. The van der Waals surface area contributed by atoms with Gasteiger partial charge in [-0.15, -0.1) is 0 Å². The molecule has 2 heterocycles. The summed E-state index contributed by atoms with van der Waals surface area (Å²) < 4.78 is 0. The number of carbonyl (C=O) groups excluding carboxylic acids is 1. The van der Waals surface area contributed by atoms with Gasteiger partial charge in [0.05, 0.1) is 5.02 Å². The number of aromatic nitrogens is 1. The molecule has 2 aromatic rings. The number of amides is 1. The van der Waals surface area contributed by atoms with Gasteiger partial charge < -0.3 is 15.0 Å². The second-order valence-electron chi connectivity index (χ2n) is 6.45. The van der Waals surface area contributed by atoms with Crippen molar-refractivity contribution < 1.29 is 14.7 Å². The monoisotopic (exact) mass is 332 g/mol. The van der Waals surface area contributed by atoms with Crippen molar-refractivity contribution in [3.63, 3.8) is 0 Å². The molecule has 1 amide bonds. The lowest BCUT2D eigenvalue weighted by Crippen LogP contribution is -2.43. The van der Waals surface area contributed by atoms with Crippen molar-refractivity contribution in [3.8, 4) is 0 Å². The third-order valence-corrected chi connectivity index (χ3v) is 5.65. The van der Waals surface area contributed by atoms with Gasteiger partial charge in [0.15, 0.2) is 0 Å². The first-order chi connectivity index (χ1) is 11.1. The van der Waals surface area contributed by atoms with Crippen LogP contribution in [-0.2, 0) is 4.79 Å². The standard InChI is InChI=1S/C17H17ClN2O3/c18-13-11-5-1-2-7-12(11)19-14(13)16(21)20-8-9-4-3-6-10(9)15(20)17(22)23/h1-2,5,7,9-10,15,19H,3-4,6,8H2,(H,22,23). The van der Waals surface area contributed by atoms with Crippen LogP contribution in [0.25, 0.3) is 10.9 Å². The summed E-state index contributed by atoms with van der Waals surface area (Å²) in [6.07, 6.45) is 2.93. The lowest BCUT2D eigenvalue weighted by Gasteiger charge is -2.24. The minimum absolute atomic E-state index is 0.0691. The molecular weight excluding hydrogens is 316 g/mol. The van der Waals surface area contributed by atoms with Gasteiger partial charge in [0.2, 0.25) is 0 Å². The van der Waals surface area contributed by atoms with Crippen LogP contribution in [0.5, 0.6) is 0 Å². The van der Waals surface area contributed by atoms with E-state index in [1.54, 1.807) is 0 Å². The third-order valence-electron chi connectivity index (χ3n) is 5.26. The van der Waals surface area contributed by atoms with Crippen LogP contribution in [0.1, 0.15) is 29.8 Å². The van der Waals surface area contributed by atoms with Crippen LogP contribution in [0.2, 0.25) is 5.02 Å². The van der Waals surface area contributed by atoms with Crippen LogP contribution in [-0.4, -0.2) is 39.5 Å². The minimum Gasteiger partial charge on any atom is -0.480 e. The summed E-state index contributed by atoms with van der Waals surface area (Å²) >= 11 is 6.35. The molecule has 3 unspecified atom stereocenters. The summed E-state index contributed by atoms with van der Waals surface area (Å²) in [5.41, 5.74) is 1.08. The molecule has 0 radical (unpaired) electrons. The van der Waals surface area contributed by atoms with Crippen LogP contribution >= 0.6 is 11.6 Å². The Kier molecular flexibility index (Phi) is 3.34. The SMILES string of the molecule is O=C(O)C1C2CCCC2CN1C(=O)c1[nH]c2ccccc2c1Cl. The highest BCUT2D eigenvalue weighted by Gasteiger charge is 2.50. The Labute approximate surface area is 138 Å². The molecule has 0 spiro atoms. The van der Waals surface area contributed by atoms with Crippen molar-refractivity contribution in [2.75, 3.05) is 6.54 Å². The number of aliphatic carboxylic acids is 1. The van der Waals surface area contributed by atoms with Crippen molar-refractivity contribution in [3.05, 3.63) is 35.0 Å². The molecular formula is C17H17ClN2O3. The van der Waals surface area contributed by atoms with E-state index in [1.807, 2.05) is 24.3 Å². The van der Waals surface area contributed by atoms with E-state index in [1.165, 1.54) is 4.90 Å². The number of aromatic amines is 1. The normalized spacial score (nSPS) is 26.7. The molecule has 1 aromatic heterocycles. The fraction of sp³-hybridized carbons (Fsp3) is 0.412. The number of nitrogens with one attached hydrogen (secondary N) is 1. The van der Waals surface area contributed by atoms with E-state index in [0.717, 1.165) is 30.2 Å². The van der Waals surface area contributed by atoms with Crippen molar-refractivity contribution in [2.45, 2.75) is 25.3 Å². The predicted octanol–water partition coefficient (Wildman–Crippen LogP) is 3.15. The summed E-state index contributed by atoms with van der Waals surface area (Å²) in [5.74, 6) is -0.865. The molecule has 1 saturated carbocycles. The van der Waals surface area contributed by atoms with E-state index in [4.69, 9.17) is 11.6 Å². The maximum Gasteiger partial charge on any atom is 0.326 e. The predicted molar refractivity (Wildman–Crippen MR) is 86.6 cm³/mol. The lowest BCUT2D eigenvalue weighted by molar-refractivity contribution is -0.142. The molecule has 5 nitrogen and oxygen atoms in total. The highest BCUT2D eigenvalue weighted by Crippen LogP contribution is 2.43. The first-order valence-corrected chi connectivity index (χ1v) is 8.25. The zero-order valence-corrected chi connectivity index (χ0v) is 13.2. The first kappa shape index (κ1) is 14.6. The van der Waals surface area contributed by atoms with Gasteiger partial charge in [0.1, 0.15) is 11.7 Å². The molecule has 1 aromatic carbocycles. The van der Waals surface area contributed by atoms with Gasteiger partial charge >= 0.3 is 5.97 Å². The maximum absolute atomic E-state index is 12.9. The highest BCUT2D eigenvalue weighted by molar-refractivity contribution is 6.38. The van der Waals surface area contributed by atoms with Crippen LogP contribution in [0.15, 0.2) is 24.3 Å². The number of hydrogen-bond acceptors (Lipinski definition) is 2. The smallest absolute Gasteiger partial charge is 0.326 e. The summed E-state index contributed by atoms with van der Waals surface area (Å²) in [6.45, 7) is 0.506. The van der Waals surface area contributed by atoms with E-state index in [-0.39, 0.29) is 11.8 Å². The molecule has 23 heavy (non-hydrogen) atoms. The van der Waals surface area contributed by atoms with E-state index in [0.29, 0.717) is 23.2 Å². The van der Waals surface area contributed by atoms with Gasteiger partial charge in [-0.25, -0.2) is 4.79 Å². The van der Waals surface area contributed by atoms with Crippen molar-refractivity contribution in [1.29, 1.82) is 0 Å². The summed E-state index contributed by atoms with van der Waals surface area (Å²) in [5, 5.41) is 10.7. The fourth-order valence-corrected chi connectivity index (χ4v) is 4.52. The maximum atomic E-state index is 12.9. The number of carboxylic acid groups (broad SMARTS) is 1. The van der Waals surface area contributed by atoms with Gasteiger partial charge in [-0.3, -0.25) is 4.79 Å². The average Bonchev–Trinajstić information content (AvgIpc) is 3.19. The minimum atomic E-state index is -0.917. The molecule has 6 heteroatoms. The van der Waals surface area contributed by atoms with Gasteiger partial charge in [0.25, 0.3) is 5.91 Å². The van der Waals surface area contributed by atoms with Crippen molar-refractivity contribution >= 4 is 34.4 Å². The number of likely N-dealkylation sites (tertiary alicyclic amines) is 1. The van der Waals surface area contributed by atoms with Gasteiger partial charge in [0, 0.05) is 17.4 Å². The first-order valence-electron chi connectivity index (χ1n) is 7.88. The Bertz CT molecular complexity index is 800. The van der Waals surface area contributed by atoms with E-state index >= 15 is 0 Å². The van der Waals surface area contributed by atoms with E-state index < -0.39 is 12.0 Å². The molecule has 2 N–H and O–H groups in total. The Morgan fingerprint density at radius 2 is 2.04 bits per heavy atom. The van der Waals surface area contributed by atoms with Crippen molar-refractivity contribution in [1.82, 2.24) is 9.88 Å². The van der Waals surface area contributed by atoms with Crippen LogP contribution in [0.4, 0.5) is 0 Å². The largest absolute Gasteiger partial charge is 0.480 e. The molecule has 2 fully saturated rings. The molecule has 120 valence electrons. The second-order valence-corrected chi connectivity index (χ2v) is 6.83. The number of rotatable bonds is 2. The molecule has 2 aliphatic rings. The average molecular weight is 333 g/mol. The molecule has 3 atom stereocenters.